The maximum absolute atomic E-state index is 14.0. The Bertz CT molecular complexity index is 1390. The molecule has 0 bridgehead atoms. The van der Waals surface area contributed by atoms with Crippen molar-refractivity contribution >= 4 is 40.5 Å². The number of furan rings is 1. The molecule has 10 nitrogen and oxygen atoms in total. The number of hydrogen-bond acceptors (Lipinski definition) is 6. The smallest absolute Gasteiger partial charge is 0.407 e. The molecular formula is C34H46FN3O7. The molecule has 246 valence electrons. The van der Waals surface area contributed by atoms with Crippen LogP contribution in [0.1, 0.15) is 95.5 Å². The number of carboxylic acid groups (broad SMARTS) is 1. The summed E-state index contributed by atoms with van der Waals surface area (Å²) in [6.07, 6.45) is 8.02. The highest BCUT2D eigenvalue weighted by Crippen LogP contribution is 2.41. The van der Waals surface area contributed by atoms with E-state index in [0.717, 1.165) is 32.1 Å². The summed E-state index contributed by atoms with van der Waals surface area (Å²) in [5, 5.41) is 15.5. The minimum atomic E-state index is -1.17. The van der Waals surface area contributed by atoms with Gasteiger partial charge in [-0.15, -0.1) is 0 Å². The van der Waals surface area contributed by atoms with Gasteiger partial charge < -0.3 is 29.8 Å². The lowest BCUT2D eigenvalue weighted by Crippen LogP contribution is -2.50. The lowest BCUT2D eigenvalue weighted by atomic mass is 9.76. The molecule has 1 unspecified atom stereocenters. The molecule has 2 aromatic rings. The second-order valence-electron chi connectivity index (χ2n) is 14.0. The summed E-state index contributed by atoms with van der Waals surface area (Å²) in [4.78, 5) is 53.4. The monoisotopic (exact) mass is 627 g/mol. The maximum atomic E-state index is 14.0. The molecular weight excluding hydrogens is 581 g/mol. The number of likely N-dealkylation sites (tertiary alicyclic amines) is 1. The van der Waals surface area contributed by atoms with E-state index >= 15 is 0 Å². The Morgan fingerprint density at radius 3 is 2.38 bits per heavy atom. The first-order valence-electron chi connectivity index (χ1n) is 16.4. The average molecular weight is 628 g/mol. The number of carbonyl (C=O) groups is 4. The standard InChI is InChI=1S/C34H46FN3O7/c1-34(2,3)45-33(43)37-26(19-35)21-9-11-22(12-10-21)31(40)38-16-15-25(20-7-5-4-6-8-20)29(38)30(39)36-24-13-14-27-23(17-24)18-28(44-27)32(41)42/h13-14,17-18,20-22,25-26,29H,4-12,15-16,19H2,1-3H3,(H,36,39)(H,37,43)(H,41,42)/t21-,22-,25-,26?,29-/m0/s1. The Morgan fingerprint density at radius 1 is 1.02 bits per heavy atom. The molecule has 1 aromatic carbocycles. The summed E-state index contributed by atoms with van der Waals surface area (Å²) in [6, 6.07) is 5.16. The Kier molecular flexibility index (Phi) is 10.0. The number of carboxylic acids is 1. The van der Waals surface area contributed by atoms with Gasteiger partial charge in [-0.3, -0.25) is 9.59 Å². The molecule has 1 saturated heterocycles. The van der Waals surface area contributed by atoms with Crippen LogP contribution in [-0.4, -0.2) is 64.8 Å². The van der Waals surface area contributed by atoms with Gasteiger partial charge in [-0.25, -0.2) is 14.0 Å². The Labute approximate surface area is 263 Å². The number of benzene rings is 1. The van der Waals surface area contributed by atoms with Gasteiger partial charge in [-0.2, -0.15) is 0 Å². The van der Waals surface area contributed by atoms with Crippen molar-refractivity contribution in [2.24, 2.45) is 23.7 Å². The van der Waals surface area contributed by atoms with Crippen LogP contribution >= 0.6 is 0 Å². The topological polar surface area (TPSA) is 138 Å². The molecule has 2 saturated carbocycles. The largest absolute Gasteiger partial charge is 0.475 e. The first-order valence-corrected chi connectivity index (χ1v) is 16.4. The van der Waals surface area contributed by atoms with Gasteiger partial charge in [0.2, 0.25) is 17.6 Å². The van der Waals surface area contributed by atoms with Crippen LogP contribution in [0.3, 0.4) is 0 Å². The second-order valence-corrected chi connectivity index (χ2v) is 14.0. The van der Waals surface area contributed by atoms with Gasteiger partial charge in [0.15, 0.2) is 0 Å². The van der Waals surface area contributed by atoms with Gasteiger partial charge in [0.05, 0.1) is 6.04 Å². The van der Waals surface area contributed by atoms with Crippen molar-refractivity contribution < 1.29 is 37.8 Å². The van der Waals surface area contributed by atoms with Gasteiger partial charge >= 0.3 is 12.1 Å². The van der Waals surface area contributed by atoms with E-state index in [4.69, 9.17) is 9.15 Å². The van der Waals surface area contributed by atoms with Crippen LogP contribution in [0.25, 0.3) is 11.0 Å². The zero-order valence-electron chi connectivity index (χ0n) is 26.5. The molecule has 45 heavy (non-hydrogen) atoms. The van der Waals surface area contributed by atoms with Gasteiger partial charge in [-0.05, 0) is 94.9 Å². The fraction of sp³-hybridized carbons (Fsp3) is 0.647. The molecule has 1 aromatic heterocycles. The third kappa shape index (κ3) is 7.79. The quantitative estimate of drug-likeness (QED) is 0.302. The predicted molar refractivity (Wildman–Crippen MR) is 167 cm³/mol. The lowest BCUT2D eigenvalue weighted by molar-refractivity contribution is -0.142. The number of nitrogens with zero attached hydrogens (tertiary/aromatic N) is 1. The van der Waals surface area contributed by atoms with E-state index < -0.39 is 36.4 Å². The van der Waals surface area contributed by atoms with Gasteiger partial charge in [0.25, 0.3) is 0 Å². The predicted octanol–water partition coefficient (Wildman–Crippen LogP) is 6.54. The number of ether oxygens (including phenoxy) is 1. The third-order valence-electron chi connectivity index (χ3n) is 9.80. The summed E-state index contributed by atoms with van der Waals surface area (Å²) in [6.45, 7) is 5.09. The minimum absolute atomic E-state index is 0.0276. The van der Waals surface area contributed by atoms with Crippen molar-refractivity contribution in [3.63, 3.8) is 0 Å². The second kappa shape index (κ2) is 13.8. The van der Waals surface area contributed by atoms with E-state index in [9.17, 15) is 28.7 Å². The summed E-state index contributed by atoms with van der Waals surface area (Å²) < 4.78 is 24.6. The van der Waals surface area contributed by atoms with Gasteiger partial charge in [0.1, 0.15) is 23.9 Å². The average Bonchev–Trinajstić information content (AvgIpc) is 3.64. The van der Waals surface area contributed by atoms with Crippen LogP contribution < -0.4 is 10.6 Å². The highest BCUT2D eigenvalue weighted by atomic mass is 19.1. The molecule has 3 aliphatic rings. The van der Waals surface area contributed by atoms with Crippen molar-refractivity contribution in [1.29, 1.82) is 0 Å². The summed E-state index contributed by atoms with van der Waals surface area (Å²) in [5.74, 6) is -1.52. The molecule has 5 rings (SSSR count). The van der Waals surface area contributed by atoms with Crippen molar-refractivity contribution in [3.8, 4) is 0 Å². The number of amides is 3. The van der Waals surface area contributed by atoms with Crippen molar-refractivity contribution in [1.82, 2.24) is 10.2 Å². The number of anilines is 1. The fourth-order valence-electron chi connectivity index (χ4n) is 7.64. The third-order valence-corrected chi connectivity index (χ3v) is 9.80. The molecule has 3 fully saturated rings. The lowest BCUT2D eigenvalue weighted by Gasteiger charge is -2.37. The first-order chi connectivity index (χ1) is 21.4. The first kappa shape index (κ1) is 32.8. The van der Waals surface area contributed by atoms with Crippen molar-refractivity contribution in [2.75, 3.05) is 18.5 Å². The number of aromatic carboxylic acids is 1. The maximum Gasteiger partial charge on any atom is 0.407 e. The molecule has 3 amide bonds. The van der Waals surface area contributed by atoms with Crippen molar-refractivity contribution in [2.45, 2.75) is 103 Å². The van der Waals surface area contributed by atoms with E-state index in [1.165, 1.54) is 12.5 Å². The summed E-state index contributed by atoms with van der Waals surface area (Å²) in [5.41, 5.74) is 0.246. The molecule has 1 aliphatic heterocycles. The van der Waals surface area contributed by atoms with Crippen LogP contribution in [-0.2, 0) is 14.3 Å². The molecule has 3 atom stereocenters. The van der Waals surface area contributed by atoms with Crippen LogP contribution in [0.4, 0.5) is 14.9 Å². The van der Waals surface area contributed by atoms with Crippen LogP contribution in [0.15, 0.2) is 28.7 Å². The van der Waals surface area contributed by atoms with Gasteiger partial charge in [0, 0.05) is 23.5 Å². The van der Waals surface area contributed by atoms with E-state index in [2.05, 4.69) is 10.6 Å². The fourth-order valence-corrected chi connectivity index (χ4v) is 7.64. The van der Waals surface area contributed by atoms with E-state index in [-0.39, 0.29) is 35.3 Å². The van der Waals surface area contributed by atoms with Gasteiger partial charge in [-0.1, -0.05) is 32.1 Å². The normalized spacial score (nSPS) is 25.1. The van der Waals surface area contributed by atoms with Crippen molar-refractivity contribution in [3.05, 3.63) is 30.0 Å². The number of halogens is 1. The zero-order chi connectivity index (χ0) is 32.3. The Balaban J connectivity index is 1.27. The number of nitrogens with one attached hydrogen (secondary N) is 2. The highest BCUT2D eigenvalue weighted by molar-refractivity contribution is 6.00. The Morgan fingerprint density at radius 2 is 1.73 bits per heavy atom. The van der Waals surface area contributed by atoms with Crippen LogP contribution in [0, 0.1) is 23.7 Å². The SMILES string of the molecule is CC(C)(C)OC(=O)NC(CF)[C@H]1CC[C@H](C(=O)N2CC[C@@H](C3CCCCC3)[C@H]2C(=O)Nc2ccc3oc(C(=O)O)cc3c2)CC1. The Hall–Kier alpha value is -3.63. The number of alkyl halides is 1. The van der Waals surface area contributed by atoms with Crippen LogP contribution in [0.5, 0.6) is 0 Å². The number of rotatable bonds is 8. The molecule has 3 N–H and O–H groups in total. The minimum Gasteiger partial charge on any atom is -0.475 e. The summed E-state index contributed by atoms with van der Waals surface area (Å²) >= 11 is 0. The molecule has 0 radical (unpaired) electrons. The number of hydrogen-bond donors (Lipinski definition) is 3. The zero-order valence-corrected chi connectivity index (χ0v) is 26.5. The molecule has 11 heteroatoms. The van der Waals surface area contributed by atoms with Crippen LogP contribution in [0.2, 0.25) is 0 Å². The molecule has 2 aliphatic carbocycles. The number of alkyl carbamates (subject to hydrolysis) is 1. The summed E-state index contributed by atoms with van der Waals surface area (Å²) in [7, 11) is 0. The van der Waals surface area contributed by atoms with E-state index in [1.54, 1.807) is 43.9 Å². The van der Waals surface area contributed by atoms with E-state index in [0.29, 0.717) is 54.8 Å². The molecule has 2 heterocycles. The molecule has 0 spiro atoms. The number of carbonyl (C=O) groups excluding carboxylic acids is 3. The van der Waals surface area contributed by atoms with E-state index in [1.807, 2.05) is 0 Å². The number of fused-ring (bicyclic) bond motifs is 1. The highest BCUT2D eigenvalue weighted by Gasteiger charge is 2.47.